The smallest absolute Gasteiger partial charge is 0.275 e. The summed E-state index contributed by atoms with van der Waals surface area (Å²) in [6, 6.07) is 13.8. The number of phenols is 1. The maximum Gasteiger partial charge on any atom is 0.275 e. The van der Waals surface area contributed by atoms with Gasteiger partial charge in [-0.1, -0.05) is 15.9 Å². The second kappa shape index (κ2) is 7.31. The number of nitrogens with one attached hydrogen (secondary N) is 1. The Balaban J connectivity index is 1.67. The number of nitrogens with zero attached hydrogens (tertiary/aromatic N) is 1. The van der Waals surface area contributed by atoms with E-state index in [1.165, 1.54) is 30.5 Å². The summed E-state index contributed by atoms with van der Waals surface area (Å²) in [4.78, 5) is 12.0. The van der Waals surface area contributed by atoms with Gasteiger partial charge in [-0.05, 0) is 54.6 Å². The molecular weight excluding hydrogens is 391 g/mol. The summed E-state index contributed by atoms with van der Waals surface area (Å²) in [5.41, 5.74) is 3.13. The number of phenolic OH excluding ortho intramolecular Hbond substituents is 1. The quantitative estimate of drug-likeness (QED) is 0.504. The molecule has 1 heterocycles. The van der Waals surface area contributed by atoms with E-state index in [0.717, 1.165) is 5.56 Å². The molecule has 3 rings (SSSR count). The van der Waals surface area contributed by atoms with Crippen LogP contribution in [0.4, 0.5) is 4.39 Å². The third-order valence-corrected chi connectivity index (χ3v) is 3.81. The standard InChI is InChI=1S/C18H12BrFN2O3/c19-12-3-7-16(23)15(9-12)18(24)22-21-10-14-6-8-17(25-14)11-1-4-13(20)5-2-11/h1-10,23H,(H,22,24)/b21-10+. The van der Waals surface area contributed by atoms with E-state index in [-0.39, 0.29) is 17.1 Å². The van der Waals surface area contributed by atoms with Gasteiger partial charge in [0.2, 0.25) is 0 Å². The molecule has 3 aromatic rings. The van der Waals surface area contributed by atoms with E-state index in [1.54, 1.807) is 30.3 Å². The Morgan fingerprint density at radius 3 is 2.68 bits per heavy atom. The predicted molar refractivity (Wildman–Crippen MR) is 95.0 cm³/mol. The van der Waals surface area contributed by atoms with Crippen molar-refractivity contribution in [3.63, 3.8) is 0 Å². The number of amides is 1. The highest BCUT2D eigenvalue weighted by molar-refractivity contribution is 9.10. The van der Waals surface area contributed by atoms with E-state index in [4.69, 9.17) is 4.42 Å². The van der Waals surface area contributed by atoms with E-state index in [9.17, 15) is 14.3 Å². The van der Waals surface area contributed by atoms with Crippen molar-refractivity contribution >= 4 is 28.1 Å². The van der Waals surface area contributed by atoms with Crippen molar-refractivity contribution in [2.24, 2.45) is 5.10 Å². The third kappa shape index (κ3) is 4.13. The molecule has 1 amide bonds. The molecule has 0 saturated carbocycles. The molecule has 2 N–H and O–H groups in total. The van der Waals surface area contributed by atoms with Gasteiger partial charge in [0.25, 0.3) is 5.91 Å². The van der Waals surface area contributed by atoms with Gasteiger partial charge >= 0.3 is 0 Å². The number of rotatable bonds is 4. The zero-order valence-corrected chi connectivity index (χ0v) is 14.3. The number of carbonyl (C=O) groups is 1. The minimum atomic E-state index is -0.555. The highest BCUT2D eigenvalue weighted by Gasteiger charge is 2.10. The second-order valence-electron chi connectivity index (χ2n) is 5.07. The van der Waals surface area contributed by atoms with Gasteiger partial charge in [-0.25, -0.2) is 9.82 Å². The Hall–Kier alpha value is -2.93. The molecule has 0 aliphatic carbocycles. The molecule has 0 unspecified atom stereocenters. The van der Waals surface area contributed by atoms with Crippen LogP contribution in [0.5, 0.6) is 5.75 Å². The van der Waals surface area contributed by atoms with Crippen LogP contribution >= 0.6 is 15.9 Å². The van der Waals surface area contributed by atoms with Crippen molar-refractivity contribution in [2.45, 2.75) is 0 Å². The average molecular weight is 403 g/mol. The molecule has 0 radical (unpaired) electrons. The van der Waals surface area contributed by atoms with Crippen LogP contribution in [0, 0.1) is 5.82 Å². The number of furan rings is 1. The van der Waals surface area contributed by atoms with Crippen LogP contribution in [-0.4, -0.2) is 17.2 Å². The van der Waals surface area contributed by atoms with E-state index < -0.39 is 5.91 Å². The predicted octanol–water partition coefficient (Wildman–Crippen LogP) is 4.32. The first kappa shape index (κ1) is 16.9. The second-order valence-corrected chi connectivity index (χ2v) is 5.99. The van der Waals surface area contributed by atoms with Crippen LogP contribution in [0.2, 0.25) is 0 Å². The summed E-state index contributed by atoms with van der Waals surface area (Å²) in [6.07, 6.45) is 1.33. The van der Waals surface area contributed by atoms with Crippen LogP contribution in [0.3, 0.4) is 0 Å². The molecular formula is C18H12BrFN2O3. The van der Waals surface area contributed by atoms with Gasteiger partial charge in [-0.3, -0.25) is 4.79 Å². The first-order valence-corrected chi connectivity index (χ1v) is 8.00. The Morgan fingerprint density at radius 1 is 1.16 bits per heavy atom. The molecule has 0 aliphatic heterocycles. The van der Waals surface area contributed by atoms with Crippen molar-refractivity contribution in [1.29, 1.82) is 0 Å². The minimum absolute atomic E-state index is 0.0953. The normalized spacial score (nSPS) is 11.0. The van der Waals surface area contributed by atoms with E-state index in [2.05, 4.69) is 26.5 Å². The zero-order chi connectivity index (χ0) is 17.8. The summed E-state index contributed by atoms with van der Waals surface area (Å²) < 4.78 is 19.2. The van der Waals surface area contributed by atoms with Gasteiger partial charge in [0.05, 0.1) is 11.8 Å². The number of halogens is 2. The lowest BCUT2D eigenvalue weighted by Crippen LogP contribution is -2.17. The maximum absolute atomic E-state index is 12.9. The fourth-order valence-corrected chi connectivity index (χ4v) is 2.46. The fourth-order valence-electron chi connectivity index (χ4n) is 2.10. The Morgan fingerprint density at radius 2 is 1.92 bits per heavy atom. The van der Waals surface area contributed by atoms with Crippen LogP contribution in [0.25, 0.3) is 11.3 Å². The van der Waals surface area contributed by atoms with E-state index >= 15 is 0 Å². The molecule has 2 aromatic carbocycles. The fraction of sp³-hybridized carbons (Fsp3) is 0. The lowest BCUT2D eigenvalue weighted by atomic mass is 10.2. The summed E-state index contributed by atoms with van der Waals surface area (Å²) in [6.45, 7) is 0. The van der Waals surface area contributed by atoms with Crippen LogP contribution in [-0.2, 0) is 0 Å². The van der Waals surface area contributed by atoms with Gasteiger partial charge in [-0.2, -0.15) is 5.10 Å². The lowest BCUT2D eigenvalue weighted by Gasteiger charge is -2.03. The Kier molecular flexibility index (Phi) is 4.95. The number of hydrogen-bond acceptors (Lipinski definition) is 4. The molecule has 1 aromatic heterocycles. The highest BCUT2D eigenvalue weighted by Crippen LogP contribution is 2.22. The summed E-state index contributed by atoms with van der Waals surface area (Å²) >= 11 is 3.23. The largest absolute Gasteiger partial charge is 0.507 e. The maximum atomic E-state index is 12.9. The molecule has 0 aliphatic rings. The van der Waals surface area contributed by atoms with Gasteiger partial charge < -0.3 is 9.52 Å². The SMILES string of the molecule is O=C(N/N=C/c1ccc(-c2ccc(F)cc2)o1)c1cc(Br)ccc1O. The lowest BCUT2D eigenvalue weighted by molar-refractivity contribution is 0.0952. The van der Waals surface area contributed by atoms with Crippen LogP contribution in [0.15, 0.2) is 68.6 Å². The molecule has 25 heavy (non-hydrogen) atoms. The first-order valence-electron chi connectivity index (χ1n) is 7.20. The summed E-state index contributed by atoms with van der Waals surface area (Å²) in [5, 5.41) is 13.5. The van der Waals surface area contributed by atoms with E-state index in [1.807, 2.05) is 0 Å². The van der Waals surface area contributed by atoms with Crippen molar-refractivity contribution in [2.75, 3.05) is 0 Å². The number of carbonyl (C=O) groups excluding carboxylic acids is 1. The molecule has 0 saturated heterocycles. The van der Waals surface area contributed by atoms with Gasteiger partial charge in [-0.15, -0.1) is 0 Å². The monoisotopic (exact) mass is 402 g/mol. The summed E-state index contributed by atoms with van der Waals surface area (Å²) in [5.74, 6) is -0.0565. The number of benzene rings is 2. The van der Waals surface area contributed by atoms with E-state index in [0.29, 0.717) is 16.0 Å². The molecule has 5 nitrogen and oxygen atoms in total. The third-order valence-electron chi connectivity index (χ3n) is 3.32. The molecule has 0 atom stereocenters. The zero-order valence-electron chi connectivity index (χ0n) is 12.7. The topological polar surface area (TPSA) is 74.8 Å². The first-order chi connectivity index (χ1) is 12.0. The minimum Gasteiger partial charge on any atom is -0.507 e. The van der Waals surface area contributed by atoms with Crippen molar-refractivity contribution in [3.8, 4) is 17.1 Å². The highest BCUT2D eigenvalue weighted by atomic mass is 79.9. The molecule has 0 spiro atoms. The van der Waals surface area contributed by atoms with Crippen LogP contribution in [0.1, 0.15) is 16.1 Å². The molecule has 7 heteroatoms. The molecule has 126 valence electrons. The molecule has 0 fully saturated rings. The Labute approximate surface area is 150 Å². The number of hydrazone groups is 1. The molecule has 0 bridgehead atoms. The van der Waals surface area contributed by atoms with Crippen molar-refractivity contribution < 1.29 is 18.7 Å². The van der Waals surface area contributed by atoms with Crippen molar-refractivity contribution in [1.82, 2.24) is 5.43 Å². The number of hydrogen-bond donors (Lipinski definition) is 2. The summed E-state index contributed by atoms with van der Waals surface area (Å²) in [7, 11) is 0. The van der Waals surface area contributed by atoms with Gasteiger partial charge in [0.15, 0.2) is 0 Å². The number of aromatic hydroxyl groups is 1. The Bertz CT molecular complexity index is 936. The average Bonchev–Trinajstić information content (AvgIpc) is 3.06. The van der Waals surface area contributed by atoms with Crippen molar-refractivity contribution in [3.05, 3.63) is 76.2 Å². The van der Waals surface area contributed by atoms with Gasteiger partial charge in [0, 0.05) is 10.0 Å². The van der Waals surface area contributed by atoms with Gasteiger partial charge in [0.1, 0.15) is 23.1 Å². The van der Waals surface area contributed by atoms with Crippen LogP contribution < -0.4 is 5.43 Å².